The van der Waals surface area contributed by atoms with Crippen LogP contribution in [0.15, 0.2) is 54.6 Å². The van der Waals surface area contributed by atoms with E-state index in [9.17, 15) is 4.79 Å². The number of methoxy groups -OCH3 is 1. The number of hydrogen-bond acceptors (Lipinski definition) is 3. The molecule has 2 aromatic carbocycles. The summed E-state index contributed by atoms with van der Waals surface area (Å²) in [6.07, 6.45) is -0.469. The predicted octanol–water partition coefficient (Wildman–Crippen LogP) is 3.48. The van der Waals surface area contributed by atoms with E-state index in [0.29, 0.717) is 12.2 Å². The summed E-state index contributed by atoms with van der Waals surface area (Å²) in [4.78, 5) is 12.1. The first-order valence-electron chi connectivity index (χ1n) is 6.54. The van der Waals surface area contributed by atoms with Crippen molar-refractivity contribution < 1.29 is 14.3 Å². The fraction of sp³-hybridized carbons (Fsp3) is 0.235. The predicted molar refractivity (Wildman–Crippen MR) is 78.0 cm³/mol. The number of hydrogen-bond donors (Lipinski definition) is 0. The van der Waals surface area contributed by atoms with Gasteiger partial charge in [0, 0.05) is 5.56 Å². The van der Waals surface area contributed by atoms with Gasteiger partial charge in [0.05, 0.1) is 13.7 Å². The largest absolute Gasteiger partial charge is 0.497 e. The normalized spacial score (nSPS) is 11.9. The van der Waals surface area contributed by atoms with E-state index in [1.807, 2.05) is 42.5 Å². The maximum Gasteiger partial charge on any atom is 0.191 e. The van der Waals surface area contributed by atoms with E-state index >= 15 is 0 Å². The molecular formula is C17H18O3. The minimum absolute atomic E-state index is 0.00602. The highest BCUT2D eigenvalue weighted by Gasteiger charge is 2.15. The molecule has 2 rings (SSSR count). The van der Waals surface area contributed by atoms with Gasteiger partial charge in [0.15, 0.2) is 5.78 Å². The molecule has 104 valence electrons. The average Bonchev–Trinajstić information content (AvgIpc) is 2.53. The van der Waals surface area contributed by atoms with Crippen LogP contribution in [0.25, 0.3) is 0 Å². The summed E-state index contributed by atoms with van der Waals surface area (Å²) >= 11 is 0. The Hall–Kier alpha value is -2.13. The van der Waals surface area contributed by atoms with Crippen LogP contribution in [0, 0.1) is 0 Å². The van der Waals surface area contributed by atoms with Crippen molar-refractivity contribution >= 4 is 5.78 Å². The van der Waals surface area contributed by atoms with Crippen LogP contribution in [0.4, 0.5) is 0 Å². The van der Waals surface area contributed by atoms with E-state index in [0.717, 1.165) is 11.3 Å². The molecule has 3 heteroatoms. The van der Waals surface area contributed by atoms with Crippen molar-refractivity contribution in [2.24, 2.45) is 0 Å². The molecule has 0 spiro atoms. The maximum absolute atomic E-state index is 12.1. The average molecular weight is 270 g/mol. The van der Waals surface area contributed by atoms with Crippen LogP contribution in [0.5, 0.6) is 5.75 Å². The Morgan fingerprint density at radius 2 is 1.85 bits per heavy atom. The smallest absolute Gasteiger partial charge is 0.191 e. The van der Waals surface area contributed by atoms with Crippen molar-refractivity contribution in [3.05, 3.63) is 65.7 Å². The molecule has 0 aliphatic carbocycles. The molecule has 0 fully saturated rings. The maximum atomic E-state index is 12.1. The van der Waals surface area contributed by atoms with Gasteiger partial charge < -0.3 is 9.47 Å². The lowest BCUT2D eigenvalue weighted by atomic mass is 10.1. The van der Waals surface area contributed by atoms with Crippen LogP contribution in [0.2, 0.25) is 0 Å². The molecule has 0 N–H and O–H groups in total. The Kier molecular flexibility index (Phi) is 4.91. The summed E-state index contributed by atoms with van der Waals surface area (Å²) in [6.45, 7) is 2.16. The van der Waals surface area contributed by atoms with Gasteiger partial charge in [0.1, 0.15) is 11.9 Å². The summed E-state index contributed by atoms with van der Waals surface area (Å²) in [6, 6.07) is 16.8. The summed E-state index contributed by atoms with van der Waals surface area (Å²) in [5.74, 6) is 0.779. The van der Waals surface area contributed by atoms with Gasteiger partial charge in [-0.3, -0.25) is 4.79 Å². The molecule has 0 aliphatic rings. The third kappa shape index (κ3) is 3.68. The lowest BCUT2D eigenvalue weighted by Crippen LogP contribution is -2.20. The number of Topliss-reactive ketones (excluding diaryl/α,β-unsaturated/α-hetero) is 1. The molecule has 0 aliphatic heterocycles. The van der Waals surface area contributed by atoms with Gasteiger partial charge in [-0.1, -0.05) is 42.5 Å². The second kappa shape index (κ2) is 6.87. The van der Waals surface area contributed by atoms with Crippen LogP contribution in [0.3, 0.4) is 0 Å². The summed E-state index contributed by atoms with van der Waals surface area (Å²) < 4.78 is 10.8. The van der Waals surface area contributed by atoms with Gasteiger partial charge in [-0.15, -0.1) is 0 Å². The third-order valence-corrected chi connectivity index (χ3v) is 3.06. The van der Waals surface area contributed by atoms with Crippen LogP contribution < -0.4 is 4.74 Å². The zero-order valence-corrected chi connectivity index (χ0v) is 11.7. The Balaban J connectivity index is 1.95. The first kappa shape index (κ1) is 14.3. The molecular weight excluding hydrogens is 252 g/mol. The Morgan fingerprint density at radius 1 is 1.10 bits per heavy atom. The molecule has 2 aromatic rings. The lowest BCUT2D eigenvalue weighted by Gasteiger charge is -2.12. The van der Waals surface area contributed by atoms with Gasteiger partial charge in [-0.2, -0.15) is 0 Å². The number of benzene rings is 2. The van der Waals surface area contributed by atoms with Crippen molar-refractivity contribution in [3.8, 4) is 5.75 Å². The van der Waals surface area contributed by atoms with E-state index < -0.39 is 6.10 Å². The Bertz CT molecular complexity index is 563. The highest BCUT2D eigenvalue weighted by atomic mass is 16.5. The monoisotopic (exact) mass is 270 g/mol. The first-order valence-corrected chi connectivity index (χ1v) is 6.54. The molecule has 0 saturated carbocycles. The highest BCUT2D eigenvalue weighted by molar-refractivity contribution is 5.99. The lowest BCUT2D eigenvalue weighted by molar-refractivity contribution is 0.0412. The fourth-order valence-electron chi connectivity index (χ4n) is 1.90. The molecule has 0 bridgehead atoms. The molecule has 1 unspecified atom stereocenters. The fourth-order valence-corrected chi connectivity index (χ4v) is 1.90. The quantitative estimate of drug-likeness (QED) is 0.754. The number of ether oxygens (including phenoxy) is 2. The first-order chi connectivity index (χ1) is 9.70. The zero-order valence-electron chi connectivity index (χ0n) is 11.7. The second-order valence-corrected chi connectivity index (χ2v) is 4.54. The van der Waals surface area contributed by atoms with E-state index in [2.05, 4.69) is 0 Å². The summed E-state index contributed by atoms with van der Waals surface area (Å²) in [7, 11) is 1.63. The van der Waals surface area contributed by atoms with Crippen LogP contribution >= 0.6 is 0 Å². The van der Waals surface area contributed by atoms with Crippen molar-refractivity contribution in [1.29, 1.82) is 0 Å². The van der Waals surface area contributed by atoms with Crippen molar-refractivity contribution in [2.45, 2.75) is 19.6 Å². The molecule has 0 heterocycles. The standard InChI is InChI=1S/C17H18O3/c1-13(17(18)15-8-4-3-5-9-15)20-12-14-7-6-10-16(11-14)19-2/h3-11,13H,12H2,1-2H3. The Morgan fingerprint density at radius 3 is 2.55 bits per heavy atom. The number of carbonyl (C=O) groups is 1. The molecule has 0 saturated heterocycles. The van der Waals surface area contributed by atoms with Gasteiger partial charge in [0.2, 0.25) is 0 Å². The topological polar surface area (TPSA) is 35.5 Å². The number of carbonyl (C=O) groups excluding carboxylic acids is 1. The van der Waals surface area contributed by atoms with Crippen molar-refractivity contribution in [2.75, 3.05) is 7.11 Å². The zero-order chi connectivity index (χ0) is 14.4. The van der Waals surface area contributed by atoms with Crippen LogP contribution in [-0.4, -0.2) is 19.0 Å². The minimum Gasteiger partial charge on any atom is -0.497 e. The summed E-state index contributed by atoms with van der Waals surface area (Å²) in [5, 5.41) is 0. The van der Waals surface area contributed by atoms with Crippen molar-refractivity contribution in [1.82, 2.24) is 0 Å². The van der Waals surface area contributed by atoms with E-state index in [1.54, 1.807) is 26.2 Å². The molecule has 20 heavy (non-hydrogen) atoms. The van der Waals surface area contributed by atoms with E-state index in [1.165, 1.54) is 0 Å². The molecule has 3 nitrogen and oxygen atoms in total. The second-order valence-electron chi connectivity index (χ2n) is 4.54. The highest BCUT2D eigenvalue weighted by Crippen LogP contribution is 2.15. The van der Waals surface area contributed by atoms with Gasteiger partial charge in [0.25, 0.3) is 0 Å². The molecule has 1 atom stereocenters. The molecule has 0 radical (unpaired) electrons. The van der Waals surface area contributed by atoms with Crippen LogP contribution in [0.1, 0.15) is 22.8 Å². The number of rotatable bonds is 6. The Labute approximate surface area is 119 Å². The van der Waals surface area contributed by atoms with Gasteiger partial charge in [-0.05, 0) is 24.6 Å². The van der Waals surface area contributed by atoms with Crippen LogP contribution in [-0.2, 0) is 11.3 Å². The van der Waals surface area contributed by atoms with Gasteiger partial charge in [-0.25, -0.2) is 0 Å². The van der Waals surface area contributed by atoms with E-state index in [4.69, 9.17) is 9.47 Å². The third-order valence-electron chi connectivity index (χ3n) is 3.06. The van der Waals surface area contributed by atoms with Gasteiger partial charge >= 0.3 is 0 Å². The van der Waals surface area contributed by atoms with E-state index in [-0.39, 0.29) is 5.78 Å². The van der Waals surface area contributed by atoms with Crippen molar-refractivity contribution in [3.63, 3.8) is 0 Å². The number of ketones is 1. The minimum atomic E-state index is -0.469. The molecule has 0 amide bonds. The molecule has 0 aromatic heterocycles. The SMILES string of the molecule is COc1cccc(COC(C)C(=O)c2ccccc2)c1. The summed E-state index contributed by atoms with van der Waals surface area (Å²) in [5.41, 5.74) is 1.66.